The molecule has 2 aromatic carbocycles. The van der Waals surface area contributed by atoms with E-state index in [2.05, 4.69) is 44.2 Å². The lowest BCUT2D eigenvalue weighted by molar-refractivity contribution is 0.0441. The first-order chi connectivity index (χ1) is 18.0. The molecule has 2 aliphatic heterocycles. The Morgan fingerprint density at radius 3 is 2.41 bits per heavy atom. The molecule has 0 radical (unpaired) electrons. The van der Waals surface area contributed by atoms with Crippen molar-refractivity contribution in [1.29, 1.82) is 0 Å². The fraction of sp³-hybridized carbons (Fsp3) is 0.500. The largest absolute Gasteiger partial charge is 0.385 e. The van der Waals surface area contributed by atoms with Gasteiger partial charge in [0.2, 0.25) is 0 Å². The highest BCUT2D eigenvalue weighted by Crippen LogP contribution is 2.39. The molecule has 0 saturated carbocycles. The highest BCUT2D eigenvalue weighted by Gasteiger charge is 2.30. The molecule has 2 unspecified atom stereocenters. The first kappa shape index (κ1) is 26.0. The predicted molar refractivity (Wildman–Crippen MR) is 147 cm³/mol. The van der Waals surface area contributed by atoms with Crippen LogP contribution < -0.4 is 0 Å². The smallest absolute Gasteiger partial charge is 0.162 e. The maximum atomic E-state index is 12.7. The van der Waals surface area contributed by atoms with E-state index in [-0.39, 0.29) is 5.78 Å². The molecular weight excluding hydrogens is 462 g/mol. The zero-order valence-corrected chi connectivity index (χ0v) is 22.4. The van der Waals surface area contributed by atoms with Crippen LogP contribution in [0, 0.1) is 11.8 Å². The molecule has 3 aromatic rings. The van der Waals surface area contributed by atoms with Gasteiger partial charge in [-0.05, 0) is 65.8 Å². The van der Waals surface area contributed by atoms with Crippen molar-refractivity contribution in [2.24, 2.45) is 11.8 Å². The molecule has 5 nitrogen and oxygen atoms in total. The van der Waals surface area contributed by atoms with Gasteiger partial charge >= 0.3 is 0 Å². The second kappa shape index (κ2) is 11.8. The van der Waals surface area contributed by atoms with Crippen molar-refractivity contribution in [2.45, 2.75) is 51.4 Å². The lowest BCUT2D eigenvalue weighted by Crippen LogP contribution is -2.27. The third-order valence-electron chi connectivity index (χ3n) is 8.16. The number of nitrogens with zero attached hydrogens (tertiary/aromatic N) is 1. The molecule has 0 bridgehead atoms. The minimum atomic E-state index is 0.162. The van der Waals surface area contributed by atoms with Gasteiger partial charge in [0.05, 0.1) is 5.69 Å². The lowest BCUT2D eigenvalue weighted by Gasteiger charge is -2.32. The Balaban J connectivity index is 1.55. The number of hydrogen-bond donors (Lipinski definition) is 0. The van der Waals surface area contributed by atoms with Crippen molar-refractivity contribution < 1.29 is 19.0 Å². The maximum Gasteiger partial charge on any atom is 0.162 e. The van der Waals surface area contributed by atoms with Gasteiger partial charge in [0.25, 0.3) is 0 Å². The lowest BCUT2D eigenvalue weighted by atomic mass is 9.82. The van der Waals surface area contributed by atoms with Gasteiger partial charge in [-0.25, -0.2) is 0 Å². The van der Waals surface area contributed by atoms with E-state index in [9.17, 15) is 4.79 Å². The van der Waals surface area contributed by atoms with Crippen molar-refractivity contribution in [1.82, 2.24) is 4.98 Å². The Hall–Kier alpha value is -2.60. The molecule has 2 aliphatic rings. The van der Waals surface area contributed by atoms with E-state index < -0.39 is 0 Å². The average molecular weight is 502 g/mol. The van der Waals surface area contributed by atoms with E-state index in [4.69, 9.17) is 19.2 Å². The topological polar surface area (TPSA) is 57.7 Å². The normalized spacial score (nSPS) is 24.3. The third kappa shape index (κ3) is 5.79. The van der Waals surface area contributed by atoms with Gasteiger partial charge in [-0.2, -0.15) is 0 Å². The maximum absolute atomic E-state index is 12.7. The van der Waals surface area contributed by atoms with Crippen LogP contribution in [0.25, 0.3) is 21.9 Å². The van der Waals surface area contributed by atoms with E-state index in [0.717, 1.165) is 62.4 Å². The number of hydrogen-bond acceptors (Lipinski definition) is 5. The Morgan fingerprint density at radius 2 is 1.68 bits per heavy atom. The molecule has 37 heavy (non-hydrogen) atoms. The molecule has 0 N–H and O–H groups in total. The summed E-state index contributed by atoms with van der Waals surface area (Å²) in [5.41, 5.74) is 5.36. The number of carbonyl (C=O) groups excluding carboxylic acids is 1. The summed E-state index contributed by atoms with van der Waals surface area (Å²) in [4.78, 5) is 18.1. The van der Waals surface area contributed by atoms with Crippen LogP contribution in [0.1, 0.15) is 73.1 Å². The van der Waals surface area contributed by atoms with E-state index in [1.54, 1.807) is 7.11 Å². The second-order valence-electron chi connectivity index (χ2n) is 10.9. The van der Waals surface area contributed by atoms with E-state index in [0.29, 0.717) is 36.7 Å². The van der Waals surface area contributed by atoms with E-state index >= 15 is 0 Å². The average Bonchev–Trinajstić information content (AvgIpc) is 2.93. The summed E-state index contributed by atoms with van der Waals surface area (Å²) in [6, 6.07) is 17.0. The fourth-order valence-corrected chi connectivity index (χ4v) is 5.96. The first-order valence-corrected chi connectivity index (χ1v) is 13.8. The minimum absolute atomic E-state index is 0.162. The van der Waals surface area contributed by atoms with E-state index in [1.807, 2.05) is 18.2 Å². The molecule has 0 spiro atoms. The number of ether oxygens (including phenoxy) is 3. The van der Waals surface area contributed by atoms with Gasteiger partial charge in [0.1, 0.15) is 0 Å². The van der Waals surface area contributed by atoms with Crippen molar-refractivity contribution in [3.8, 4) is 11.1 Å². The third-order valence-corrected chi connectivity index (χ3v) is 8.16. The summed E-state index contributed by atoms with van der Waals surface area (Å²) >= 11 is 0. The van der Waals surface area contributed by atoms with Crippen LogP contribution in [-0.2, 0) is 14.2 Å². The minimum Gasteiger partial charge on any atom is -0.385 e. The number of rotatable bonds is 8. The van der Waals surface area contributed by atoms with Gasteiger partial charge < -0.3 is 14.2 Å². The molecule has 0 aliphatic carbocycles. The number of Topliss-reactive ketones (excluding diaryl/α,β-unsaturated/α-hetero) is 1. The van der Waals surface area contributed by atoms with Gasteiger partial charge in [-0.15, -0.1) is 0 Å². The van der Waals surface area contributed by atoms with Crippen molar-refractivity contribution in [3.05, 3.63) is 65.5 Å². The summed E-state index contributed by atoms with van der Waals surface area (Å²) in [6.07, 6.45) is 3.25. The molecule has 196 valence electrons. The predicted octanol–water partition coefficient (Wildman–Crippen LogP) is 6.79. The zero-order valence-electron chi connectivity index (χ0n) is 22.4. The quantitative estimate of drug-likeness (QED) is 0.251. The van der Waals surface area contributed by atoms with Crippen LogP contribution in [-0.4, -0.2) is 50.9 Å². The monoisotopic (exact) mass is 501 g/mol. The molecule has 4 atom stereocenters. The van der Waals surface area contributed by atoms with Gasteiger partial charge in [-0.3, -0.25) is 9.78 Å². The number of ketones is 1. The van der Waals surface area contributed by atoms with E-state index in [1.165, 1.54) is 22.2 Å². The van der Waals surface area contributed by atoms with Gasteiger partial charge in [0, 0.05) is 75.0 Å². The molecule has 0 amide bonds. The molecule has 2 fully saturated rings. The van der Waals surface area contributed by atoms with Crippen molar-refractivity contribution in [3.63, 3.8) is 0 Å². The van der Waals surface area contributed by atoms with Crippen LogP contribution in [0.5, 0.6) is 0 Å². The highest BCUT2D eigenvalue weighted by atomic mass is 16.5. The zero-order chi connectivity index (χ0) is 25.8. The number of benzene rings is 2. The molecule has 5 heteroatoms. The molecule has 2 saturated heterocycles. The van der Waals surface area contributed by atoms with Crippen LogP contribution in [0.3, 0.4) is 0 Å². The van der Waals surface area contributed by atoms with Crippen LogP contribution in [0.15, 0.2) is 48.5 Å². The van der Waals surface area contributed by atoms with Crippen molar-refractivity contribution in [2.75, 3.05) is 40.1 Å². The number of methoxy groups -OCH3 is 1. The Labute approximate surface area is 220 Å². The summed E-state index contributed by atoms with van der Waals surface area (Å²) in [5, 5.41) is 2.46. The molecule has 3 heterocycles. The number of carbonyl (C=O) groups is 1. The number of aromatic nitrogens is 1. The Kier molecular flexibility index (Phi) is 8.33. The molecule has 1 aromatic heterocycles. The van der Waals surface area contributed by atoms with Crippen LogP contribution in [0.2, 0.25) is 0 Å². The summed E-state index contributed by atoms with van der Waals surface area (Å²) in [5.74, 6) is 1.85. The summed E-state index contributed by atoms with van der Waals surface area (Å²) in [7, 11) is 1.67. The first-order valence-electron chi connectivity index (χ1n) is 13.8. The summed E-state index contributed by atoms with van der Waals surface area (Å²) in [6.45, 7) is 8.32. The molecular formula is C32H39NO4. The van der Waals surface area contributed by atoms with Crippen molar-refractivity contribution >= 4 is 16.6 Å². The number of pyridine rings is 1. The number of fused-ring (bicyclic) bond motifs is 1. The SMILES string of the molecule is COCCCC(=O)c1cccc(-c2ccc3c(C4CCOC[C@@H]4C)nc(C4CCOC[C@@H]4C)cc3c2)c1. The Bertz CT molecular complexity index is 1240. The van der Waals surface area contributed by atoms with Gasteiger partial charge in [-0.1, -0.05) is 44.2 Å². The van der Waals surface area contributed by atoms with Crippen LogP contribution >= 0.6 is 0 Å². The Morgan fingerprint density at radius 1 is 0.946 bits per heavy atom. The van der Waals surface area contributed by atoms with Crippen LogP contribution in [0.4, 0.5) is 0 Å². The summed E-state index contributed by atoms with van der Waals surface area (Å²) < 4.78 is 16.6. The molecule has 5 rings (SSSR count). The standard InChI is InChI=1S/C32H39NO4/c1-21-19-36-14-11-27(21)30-18-26-17-24(23-6-4-7-25(16-23)31(34)8-5-13-35-3)9-10-29(26)32(33-30)28-12-15-37-20-22(28)2/h4,6-7,9-10,16-18,21-22,27-28H,5,8,11-15,19-20H2,1-3H3/t21-,22-,27?,28?/m0/s1. The van der Waals surface area contributed by atoms with Gasteiger partial charge in [0.15, 0.2) is 5.78 Å². The fourth-order valence-electron chi connectivity index (χ4n) is 5.96. The second-order valence-corrected chi connectivity index (χ2v) is 10.9. The highest BCUT2D eigenvalue weighted by molar-refractivity contribution is 5.97.